The minimum atomic E-state index is -2.55. The van der Waals surface area contributed by atoms with Crippen LogP contribution in [0.5, 0.6) is 0 Å². The first-order chi connectivity index (χ1) is 7.70. The Bertz CT molecular complexity index is 416. The van der Waals surface area contributed by atoms with Crippen molar-refractivity contribution >= 4 is 34.8 Å². The molecule has 0 fully saturated rings. The van der Waals surface area contributed by atoms with E-state index >= 15 is 0 Å². The molecule has 5 heteroatoms. The molecule has 3 N–H and O–H groups in total. The van der Waals surface area contributed by atoms with E-state index in [1.54, 1.807) is 0 Å². The lowest BCUT2D eigenvalue weighted by atomic mass is 10.3. The molecule has 0 aromatic heterocycles. The van der Waals surface area contributed by atoms with Crippen molar-refractivity contribution in [2.24, 2.45) is 5.73 Å². The minimum absolute atomic E-state index is 0.298. The van der Waals surface area contributed by atoms with Crippen molar-refractivity contribution in [3.63, 3.8) is 0 Å². The second kappa shape index (κ2) is 4.64. The zero-order valence-electron chi connectivity index (χ0n) is 10.1. The molecule has 76 valence electrons. The first-order valence-corrected chi connectivity index (χ1v) is 4.48. The van der Waals surface area contributed by atoms with Crippen molar-refractivity contribution in [1.82, 2.24) is 0 Å². The van der Waals surface area contributed by atoms with Crippen molar-refractivity contribution in [1.29, 1.82) is 0 Å². The summed E-state index contributed by atoms with van der Waals surface area (Å²) in [6.07, 6.45) is 0. The van der Waals surface area contributed by atoms with Gasteiger partial charge in [0.2, 0.25) is 5.91 Å². The van der Waals surface area contributed by atoms with E-state index in [4.69, 9.17) is 33.0 Å². The highest BCUT2D eigenvalue weighted by Gasteiger charge is 2.07. The molecule has 0 radical (unpaired) electrons. The fourth-order valence-corrected chi connectivity index (χ4v) is 1.37. The number of benzene rings is 1. The van der Waals surface area contributed by atoms with E-state index in [2.05, 4.69) is 5.32 Å². The zero-order valence-corrected chi connectivity index (χ0v) is 8.56. The van der Waals surface area contributed by atoms with E-state index in [0.717, 1.165) is 0 Å². The number of halogens is 2. The molecule has 0 saturated carbocycles. The third kappa shape index (κ3) is 3.18. The number of nitrogens with two attached hydrogens (primary N) is 1. The van der Waals surface area contributed by atoms with Crippen LogP contribution in [-0.2, 0) is 4.79 Å². The van der Waals surface area contributed by atoms with E-state index in [-0.39, 0.29) is 0 Å². The highest BCUT2D eigenvalue weighted by molar-refractivity contribution is 6.35. The van der Waals surface area contributed by atoms with Crippen LogP contribution in [0.4, 0.5) is 5.69 Å². The molecule has 3 nitrogen and oxygen atoms in total. The highest BCUT2D eigenvalue weighted by atomic mass is 35.5. The van der Waals surface area contributed by atoms with Crippen LogP contribution in [-0.4, -0.2) is 11.9 Å². The molecule has 0 spiro atoms. The SMILES string of the molecule is [2H]C([2H])([2H])[C@@H](N)C(=O)Nc1cc(Cl)cc(Cl)c1. The number of anilines is 1. The van der Waals surface area contributed by atoms with Crippen LogP contribution in [0.2, 0.25) is 10.0 Å². The van der Waals surface area contributed by atoms with Gasteiger partial charge < -0.3 is 11.1 Å². The molecule has 0 bridgehead atoms. The molecule has 1 aromatic rings. The number of hydrogen-bond donors (Lipinski definition) is 2. The van der Waals surface area contributed by atoms with Crippen LogP contribution in [0.3, 0.4) is 0 Å². The van der Waals surface area contributed by atoms with Gasteiger partial charge in [0.25, 0.3) is 0 Å². The van der Waals surface area contributed by atoms with Crippen LogP contribution in [0, 0.1) is 0 Å². The molecule has 1 aromatic carbocycles. The fourth-order valence-electron chi connectivity index (χ4n) is 0.846. The molecule has 0 unspecified atom stereocenters. The number of carbonyl (C=O) groups is 1. The molecule has 0 aliphatic rings. The predicted octanol–water partition coefficient (Wildman–Crippen LogP) is 2.28. The van der Waals surface area contributed by atoms with Gasteiger partial charge in [-0.3, -0.25) is 4.79 Å². The van der Waals surface area contributed by atoms with Gasteiger partial charge in [-0.2, -0.15) is 0 Å². The fraction of sp³-hybridized carbons (Fsp3) is 0.222. The molecule has 1 atom stereocenters. The molecule has 0 heterocycles. The first-order valence-electron chi connectivity index (χ1n) is 5.22. The summed E-state index contributed by atoms with van der Waals surface area (Å²) in [5, 5.41) is 2.99. The molecular formula is C9H10Cl2N2O. The van der Waals surface area contributed by atoms with E-state index in [1.807, 2.05) is 0 Å². The normalized spacial score (nSPS) is 16.4. The van der Waals surface area contributed by atoms with Crippen LogP contribution in [0.15, 0.2) is 18.2 Å². The summed E-state index contributed by atoms with van der Waals surface area (Å²) in [5.74, 6) is -0.816. The monoisotopic (exact) mass is 235 g/mol. The van der Waals surface area contributed by atoms with Crippen molar-refractivity contribution in [2.75, 3.05) is 5.32 Å². The van der Waals surface area contributed by atoms with Gasteiger partial charge >= 0.3 is 0 Å². The third-order valence-corrected chi connectivity index (χ3v) is 1.85. The summed E-state index contributed by atoms with van der Waals surface area (Å²) in [7, 11) is 0. The Balaban J connectivity index is 2.81. The average molecular weight is 236 g/mol. The van der Waals surface area contributed by atoms with Crippen molar-refractivity contribution < 1.29 is 8.91 Å². The summed E-state index contributed by atoms with van der Waals surface area (Å²) in [6.45, 7) is -2.55. The van der Waals surface area contributed by atoms with Crippen molar-refractivity contribution in [2.45, 2.75) is 12.9 Å². The van der Waals surface area contributed by atoms with Gasteiger partial charge in [-0.25, -0.2) is 0 Å². The van der Waals surface area contributed by atoms with Crippen molar-refractivity contribution in [3.8, 4) is 0 Å². The summed E-state index contributed by atoms with van der Waals surface area (Å²) in [4.78, 5) is 11.5. The molecule has 0 aliphatic carbocycles. The van der Waals surface area contributed by atoms with Gasteiger partial charge in [-0.15, -0.1) is 0 Å². The van der Waals surface area contributed by atoms with E-state index in [0.29, 0.717) is 15.7 Å². The van der Waals surface area contributed by atoms with Crippen molar-refractivity contribution in [3.05, 3.63) is 28.2 Å². The number of nitrogens with one attached hydrogen (secondary N) is 1. The standard InChI is InChI=1S/C9H10Cl2N2O/c1-5(12)9(14)13-8-3-6(10)2-7(11)4-8/h2-5H,12H2,1H3,(H,13,14)/t5-/m1/s1/i1D3. The van der Waals surface area contributed by atoms with E-state index < -0.39 is 18.8 Å². The van der Waals surface area contributed by atoms with Crippen LogP contribution < -0.4 is 11.1 Å². The van der Waals surface area contributed by atoms with Gasteiger partial charge in [0.1, 0.15) is 0 Å². The van der Waals surface area contributed by atoms with E-state index in [9.17, 15) is 4.79 Å². The van der Waals surface area contributed by atoms with Gasteiger partial charge in [0, 0.05) is 19.8 Å². The summed E-state index contributed by atoms with van der Waals surface area (Å²) >= 11 is 11.4. The minimum Gasteiger partial charge on any atom is -0.325 e. The number of rotatable bonds is 2. The largest absolute Gasteiger partial charge is 0.325 e. The Kier molecular flexibility index (Phi) is 2.49. The molecule has 1 amide bonds. The maximum Gasteiger partial charge on any atom is 0.241 e. The van der Waals surface area contributed by atoms with Crippen LogP contribution in [0.1, 0.15) is 11.0 Å². The van der Waals surface area contributed by atoms with Gasteiger partial charge in [-0.05, 0) is 25.1 Å². The Morgan fingerprint density at radius 3 is 2.57 bits per heavy atom. The smallest absolute Gasteiger partial charge is 0.241 e. The second-order valence-electron chi connectivity index (χ2n) is 2.63. The zero-order chi connectivity index (χ0) is 13.2. The van der Waals surface area contributed by atoms with Crippen LogP contribution in [0.25, 0.3) is 0 Å². The molecule has 0 aliphatic heterocycles. The second-order valence-corrected chi connectivity index (χ2v) is 3.50. The number of hydrogen-bond acceptors (Lipinski definition) is 2. The molecular weight excluding hydrogens is 223 g/mol. The Labute approximate surface area is 96.4 Å². The summed E-state index contributed by atoms with van der Waals surface area (Å²) in [6, 6.07) is 2.78. The molecule has 0 saturated heterocycles. The lowest BCUT2D eigenvalue weighted by Crippen LogP contribution is -2.32. The molecule has 14 heavy (non-hydrogen) atoms. The first kappa shape index (κ1) is 7.51. The maximum absolute atomic E-state index is 11.5. The van der Waals surface area contributed by atoms with E-state index in [1.165, 1.54) is 18.2 Å². The summed E-state index contributed by atoms with van der Waals surface area (Å²) < 4.78 is 21.0. The van der Waals surface area contributed by atoms with Gasteiger partial charge in [-0.1, -0.05) is 23.2 Å². The predicted molar refractivity (Wildman–Crippen MR) is 58.7 cm³/mol. The van der Waals surface area contributed by atoms with Gasteiger partial charge in [0.15, 0.2) is 0 Å². The van der Waals surface area contributed by atoms with Gasteiger partial charge in [0.05, 0.1) is 6.04 Å². The summed E-state index contributed by atoms with van der Waals surface area (Å²) in [5.41, 5.74) is 5.58. The Morgan fingerprint density at radius 1 is 1.50 bits per heavy atom. The maximum atomic E-state index is 11.5. The topological polar surface area (TPSA) is 55.1 Å². The Morgan fingerprint density at radius 2 is 2.07 bits per heavy atom. The number of carbonyl (C=O) groups excluding carboxylic acids is 1. The molecule has 1 rings (SSSR count). The van der Waals surface area contributed by atoms with Crippen LogP contribution >= 0.6 is 23.2 Å². The number of amides is 1. The Hall–Kier alpha value is -0.770. The third-order valence-electron chi connectivity index (χ3n) is 1.41. The highest BCUT2D eigenvalue weighted by Crippen LogP contribution is 2.22. The lowest BCUT2D eigenvalue weighted by Gasteiger charge is -2.08. The quantitative estimate of drug-likeness (QED) is 0.827. The average Bonchev–Trinajstić information content (AvgIpc) is 2.13. The lowest BCUT2D eigenvalue weighted by molar-refractivity contribution is -0.117.